The van der Waals surface area contributed by atoms with E-state index < -0.39 is 5.60 Å². The van der Waals surface area contributed by atoms with Gasteiger partial charge in [0.05, 0.1) is 0 Å². The highest BCUT2D eigenvalue weighted by molar-refractivity contribution is 5.71. The number of fused-ring (bicyclic) bond motifs is 3. The lowest BCUT2D eigenvalue weighted by Crippen LogP contribution is -2.49. The second kappa shape index (κ2) is 5.68. The van der Waals surface area contributed by atoms with Crippen molar-refractivity contribution in [3.63, 3.8) is 0 Å². The first-order chi connectivity index (χ1) is 11.4. The molecule has 24 heavy (non-hydrogen) atoms. The first-order valence-corrected chi connectivity index (χ1v) is 9.30. The SMILES string of the molecule is CC(C)(C)OC(=O)N1CC[C@H]2[C@@H](C1)c1cccc3c1N2CCCC3. The van der Waals surface area contributed by atoms with E-state index in [0.717, 1.165) is 26.1 Å². The van der Waals surface area contributed by atoms with E-state index in [4.69, 9.17) is 4.74 Å². The number of hydrogen-bond donors (Lipinski definition) is 0. The molecule has 0 radical (unpaired) electrons. The van der Waals surface area contributed by atoms with Crippen molar-refractivity contribution < 1.29 is 9.53 Å². The van der Waals surface area contributed by atoms with Crippen molar-refractivity contribution >= 4 is 11.8 Å². The van der Waals surface area contributed by atoms with Gasteiger partial charge in [0, 0.05) is 37.3 Å². The van der Waals surface area contributed by atoms with E-state index in [9.17, 15) is 4.79 Å². The van der Waals surface area contributed by atoms with Crippen LogP contribution in [0.4, 0.5) is 10.5 Å². The molecule has 0 saturated carbocycles. The van der Waals surface area contributed by atoms with E-state index in [2.05, 4.69) is 23.1 Å². The molecule has 3 aliphatic rings. The zero-order valence-corrected chi connectivity index (χ0v) is 15.0. The topological polar surface area (TPSA) is 32.8 Å². The molecule has 1 amide bonds. The molecule has 1 aromatic rings. The van der Waals surface area contributed by atoms with E-state index in [1.807, 2.05) is 25.7 Å². The Balaban J connectivity index is 1.60. The summed E-state index contributed by atoms with van der Waals surface area (Å²) in [4.78, 5) is 17.1. The third-order valence-corrected chi connectivity index (χ3v) is 5.56. The van der Waals surface area contributed by atoms with E-state index in [-0.39, 0.29) is 6.09 Å². The van der Waals surface area contributed by atoms with Crippen LogP contribution in [0.1, 0.15) is 57.1 Å². The second-order valence-corrected chi connectivity index (χ2v) is 8.39. The third-order valence-electron chi connectivity index (χ3n) is 5.56. The highest BCUT2D eigenvalue weighted by Gasteiger charge is 2.44. The summed E-state index contributed by atoms with van der Waals surface area (Å²) in [6.07, 6.45) is 4.62. The summed E-state index contributed by atoms with van der Waals surface area (Å²) in [5.41, 5.74) is 4.01. The molecular weight excluding hydrogens is 300 g/mol. The predicted octanol–water partition coefficient (Wildman–Crippen LogP) is 3.94. The molecule has 0 bridgehead atoms. The lowest BCUT2D eigenvalue weighted by molar-refractivity contribution is 0.0189. The molecule has 1 aromatic carbocycles. The number of carbonyl (C=O) groups is 1. The van der Waals surface area contributed by atoms with Crippen LogP contribution in [0.3, 0.4) is 0 Å². The molecule has 3 heterocycles. The van der Waals surface area contributed by atoms with Gasteiger partial charge in [-0.05, 0) is 57.6 Å². The summed E-state index contributed by atoms with van der Waals surface area (Å²) in [6, 6.07) is 7.32. The fourth-order valence-electron chi connectivity index (χ4n) is 4.61. The summed E-state index contributed by atoms with van der Waals surface area (Å²) in [7, 11) is 0. The molecule has 4 rings (SSSR count). The molecular formula is C20H28N2O2. The molecule has 4 nitrogen and oxygen atoms in total. The minimum Gasteiger partial charge on any atom is -0.444 e. The Morgan fingerprint density at radius 3 is 2.83 bits per heavy atom. The predicted molar refractivity (Wildman–Crippen MR) is 95.7 cm³/mol. The molecule has 4 heteroatoms. The van der Waals surface area contributed by atoms with Crippen LogP contribution >= 0.6 is 0 Å². The highest BCUT2D eigenvalue weighted by Crippen LogP contribution is 2.47. The van der Waals surface area contributed by atoms with Gasteiger partial charge < -0.3 is 14.5 Å². The highest BCUT2D eigenvalue weighted by atomic mass is 16.6. The molecule has 0 aliphatic carbocycles. The third kappa shape index (κ3) is 2.66. The summed E-state index contributed by atoms with van der Waals surface area (Å²) < 4.78 is 5.60. The van der Waals surface area contributed by atoms with Gasteiger partial charge in [-0.2, -0.15) is 0 Å². The van der Waals surface area contributed by atoms with Gasteiger partial charge in [-0.25, -0.2) is 4.79 Å². The molecule has 0 spiro atoms. The van der Waals surface area contributed by atoms with Gasteiger partial charge in [-0.1, -0.05) is 18.2 Å². The number of aryl methyl sites for hydroxylation is 1. The van der Waals surface area contributed by atoms with Crippen LogP contribution in [0.2, 0.25) is 0 Å². The van der Waals surface area contributed by atoms with Gasteiger partial charge in [0.15, 0.2) is 0 Å². The molecule has 2 atom stereocenters. The summed E-state index contributed by atoms with van der Waals surface area (Å²) in [6.45, 7) is 8.55. The average molecular weight is 328 g/mol. The van der Waals surface area contributed by atoms with Crippen molar-refractivity contribution in [1.29, 1.82) is 0 Å². The average Bonchev–Trinajstić information content (AvgIpc) is 2.69. The lowest BCUT2D eigenvalue weighted by Gasteiger charge is -2.39. The van der Waals surface area contributed by atoms with Crippen molar-refractivity contribution in [2.45, 2.75) is 64.0 Å². The van der Waals surface area contributed by atoms with Gasteiger partial charge in [0.2, 0.25) is 0 Å². The number of hydrogen-bond acceptors (Lipinski definition) is 3. The molecule has 130 valence electrons. The second-order valence-electron chi connectivity index (χ2n) is 8.39. The van der Waals surface area contributed by atoms with Crippen molar-refractivity contribution in [1.82, 2.24) is 4.90 Å². The van der Waals surface area contributed by atoms with Crippen LogP contribution in [-0.4, -0.2) is 42.3 Å². The standard InChI is InChI=1S/C20H28N2O2/c1-20(2,3)24-19(23)21-12-10-17-16(13-21)15-9-6-8-14-7-4-5-11-22(17)18(14)15/h6,8-9,16-17H,4-5,7,10-13H2,1-3H3/t16-,17-/m0/s1. The Labute approximate surface area is 144 Å². The fourth-order valence-corrected chi connectivity index (χ4v) is 4.61. The fraction of sp³-hybridized carbons (Fsp3) is 0.650. The summed E-state index contributed by atoms with van der Waals surface area (Å²) in [5, 5.41) is 0. The molecule has 1 fully saturated rings. The lowest BCUT2D eigenvalue weighted by atomic mass is 9.88. The first kappa shape index (κ1) is 15.8. The summed E-state index contributed by atoms with van der Waals surface area (Å²) in [5.74, 6) is 0.430. The molecule has 3 aliphatic heterocycles. The smallest absolute Gasteiger partial charge is 0.410 e. The van der Waals surface area contributed by atoms with Crippen LogP contribution in [0.25, 0.3) is 0 Å². The van der Waals surface area contributed by atoms with Crippen molar-refractivity contribution in [2.24, 2.45) is 0 Å². The number of amides is 1. The Bertz CT molecular complexity index is 650. The van der Waals surface area contributed by atoms with Crippen molar-refractivity contribution in [3.05, 3.63) is 29.3 Å². The van der Waals surface area contributed by atoms with E-state index >= 15 is 0 Å². The number of likely N-dealkylation sites (tertiary alicyclic amines) is 1. The Hall–Kier alpha value is -1.71. The molecule has 0 N–H and O–H groups in total. The van der Waals surface area contributed by atoms with Gasteiger partial charge in [-0.15, -0.1) is 0 Å². The van der Waals surface area contributed by atoms with Gasteiger partial charge in [0.1, 0.15) is 5.60 Å². The quantitative estimate of drug-likeness (QED) is 0.723. The number of anilines is 1. The number of benzene rings is 1. The van der Waals surface area contributed by atoms with Gasteiger partial charge in [-0.3, -0.25) is 0 Å². The Morgan fingerprint density at radius 1 is 1.21 bits per heavy atom. The Morgan fingerprint density at radius 2 is 2.04 bits per heavy atom. The van der Waals surface area contributed by atoms with Gasteiger partial charge in [0.25, 0.3) is 0 Å². The van der Waals surface area contributed by atoms with Crippen molar-refractivity contribution in [2.75, 3.05) is 24.5 Å². The van der Waals surface area contributed by atoms with Crippen LogP contribution in [0.5, 0.6) is 0 Å². The number of piperidine rings is 1. The maximum absolute atomic E-state index is 12.5. The number of nitrogens with zero attached hydrogens (tertiary/aromatic N) is 2. The largest absolute Gasteiger partial charge is 0.444 e. The zero-order valence-electron chi connectivity index (χ0n) is 15.0. The minimum atomic E-state index is -0.429. The molecule has 0 unspecified atom stereocenters. The maximum Gasteiger partial charge on any atom is 0.410 e. The number of ether oxygens (including phenoxy) is 1. The summed E-state index contributed by atoms with van der Waals surface area (Å²) >= 11 is 0. The minimum absolute atomic E-state index is 0.163. The van der Waals surface area contributed by atoms with E-state index in [1.165, 1.54) is 36.1 Å². The first-order valence-electron chi connectivity index (χ1n) is 9.30. The maximum atomic E-state index is 12.5. The molecule has 0 aromatic heterocycles. The van der Waals surface area contributed by atoms with Gasteiger partial charge >= 0.3 is 6.09 Å². The number of carbonyl (C=O) groups excluding carboxylic acids is 1. The van der Waals surface area contributed by atoms with Crippen LogP contribution < -0.4 is 4.90 Å². The number of para-hydroxylation sites is 1. The van der Waals surface area contributed by atoms with Crippen LogP contribution in [-0.2, 0) is 11.2 Å². The van der Waals surface area contributed by atoms with E-state index in [1.54, 1.807) is 0 Å². The monoisotopic (exact) mass is 328 g/mol. The molecule has 1 saturated heterocycles. The van der Waals surface area contributed by atoms with Crippen LogP contribution in [0, 0.1) is 0 Å². The van der Waals surface area contributed by atoms with E-state index in [0.29, 0.717) is 12.0 Å². The van der Waals surface area contributed by atoms with Crippen LogP contribution in [0.15, 0.2) is 18.2 Å². The normalized spacial score (nSPS) is 25.8. The Kier molecular flexibility index (Phi) is 3.74. The van der Waals surface area contributed by atoms with Crippen molar-refractivity contribution in [3.8, 4) is 0 Å². The zero-order chi connectivity index (χ0) is 16.9. The number of rotatable bonds is 0.